The first-order valence-electron chi connectivity index (χ1n) is 7.75. The van der Waals surface area contributed by atoms with Crippen molar-refractivity contribution in [3.8, 4) is 0 Å². The van der Waals surface area contributed by atoms with E-state index in [9.17, 15) is 5.11 Å². The van der Waals surface area contributed by atoms with Gasteiger partial charge in [0.1, 0.15) is 0 Å². The Morgan fingerprint density at radius 2 is 2.00 bits per heavy atom. The maximum absolute atomic E-state index is 9.40. The average Bonchev–Trinajstić information content (AvgIpc) is 2.53. The number of hydrogen-bond donors (Lipinski definition) is 2. The molecule has 0 amide bonds. The lowest BCUT2D eigenvalue weighted by atomic mass is 9.74. The summed E-state index contributed by atoms with van der Waals surface area (Å²) in [5.74, 6) is 1.17. The zero-order valence-corrected chi connectivity index (χ0v) is 12.7. The van der Waals surface area contributed by atoms with Gasteiger partial charge < -0.3 is 10.8 Å². The van der Waals surface area contributed by atoms with Gasteiger partial charge in [0.05, 0.1) is 6.61 Å². The first kappa shape index (κ1) is 15.5. The predicted octanol–water partition coefficient (Wildman–Crippen LogP) is 2.21. The molecule has 3 nitrogen and oxygen atoms in total. The summed E-state index contributed by atoms with van der Waals surface area (Å²) in [4.78, 5) is 2.33. The van der Waals surface area contributed by atoms with Crippen molar-refractivity contribution in [3.05, 3.63) is 35.9 Å². The number of hydrogen-bond acceptors (Lipinski definition) is 3. The number of nitrogens with two attached hydrogens (primary N) is 1. The van der Waals surface area contributed by atoms with E-state index < -0.39 is 0 Å². The van der Waals surface area contributed by atoms with Gasteiger partial charge in [0.2, 0.25) is 0 Å². The molecule has 112 valence electrons. The van der Waals surface area contributed by atoms with Crippen molar-refractivity contribution in [1.29, 1.82) is 0 Å². The molecule has 1 aromatic rings. The van der Waals surface area contributed by atoms with Crippen LogP contribution in [0.15, 0.2) is 30.3 Å². The Morgan fingerprint density at radius 1 is 1.30 bits per heavy atom. The third-order valence-electron chi connectivity index (χ3n) is 5.01. The fourth-order valence-electron chi connectivity index (χ4n) is 3.47. The van der Waals surface area contributed by atoms with Crippen LogP contribution in [0.25, 0.3) is 0 Å². The molecule has 1 aliphatic carbocycles. The summed E-state index contributed by atoms with van der Waals surface area (Å²) in [6.07, 6.45) is 3.56. The van der Waals surface area contributed by atoms with Crippen LogP contribution in [-0.2, 0) is 0 Å². The molecular formula is C17H28N2O. The van der Waals surface area contributed by atoms with Crippen LogP contribution in [0.3, 0.4) is 0 Å². The molecule has 0 heterocycles. The minimum absolute atomic E-state index is 0.198. The van der Waals surface area contributed by atoms with Gasteiger partial charge in [-0.15, -0.1) is 0 Å². The maximum atomic E-state index is 9.40. The first-order valence-corrected chi connectivity index (χ1v) is 7.75. The van der Waals surface area contributed by atoms with Gasteiger partial charge in [0.15, 0.2) is 0 Å². The summed E-state index contributed by atoms with van der Waals surface area (Å²) in [6.45, 7) is 3.04. The number of aliphatic hydroxyl groups excluding tert-OH is 1. The van der Waals surface area contributed by atoms with Crippen LogP contribution in [-0.4, -0.2) is 42.3 Å². The van der Waals surface area contributed by atoms with Gasteiger partial charge in [0.25, 0.3) is 0 Å². The van der Waals surface area contributed by atoms with Crippen LogP contribution < -0.4 is 5.73 Å². The minimum atomic E-state index is 0.198. The molecule has 2 rings (SSSR count). The van der Waals surface area contributed by atoms with Gasteiger partial charge >= 0.3 is 0 Å². The fraction of sp³-hybridized carbons (Fsp3) is 0.647. The average molecular weight is 276 g/mol. The van der Waals surface area contributed by atoms with Gasteiger partial charge in [-0.2, -0.15) is 0 Å². The van der Waals surface area contributed by atoms with Crippen LogP contribution in [0.2, 0.25) is 0 Å². The summed E-state index contributed by atoms with van der Waals surface area (Å²) in [5.41, 5.74) is 7.41. The molecule has 1 fully saturated rings. The highest BCUT2D eigenvalue weighted by Gasteiger charge is 2.34. The topological polar surface area (TPSA) is 49.5 Å². The number of benzene rings is 1. The molecule has 1 saturated carbocycles. The van der Waals surface area contributed by atoms with E-state index in [-0.39, 0.29) is 12.6 Å². The highest BCUT2D eigenvalue weighted by molar-refractivity contribution is 5.20. The Kier molecular flexibility index (Phi) is 5.58. The first-order chi connectivity index (χ1) is 9.67. The van der Waals surface area contributed by atoms with Gasteiger partial charge in [-0.05, 0) is 57.2 Å². The van der Waals surface area contributed by atoms with Gasteiger partial charge in [0, 0.05) is 12.1 Å². The highest BCUT2D eigenvalue weighted by atomic mass is 16.3. The van der Waals surface area contributed by atoms with Gasteiger partial charge in [-0.3, -0.25) is 4.90 Å². The maximum Gasteiger partial charge on any atom is 0.0584 e. The quantitative estimate of drug-likeness (QED) is 0.867. The van der Waals surface area contributed by atoms with Gasteiger partial charge in [-0.1, -0.05) is 30.3 Å². The summed E-state index contributed by atoms with van der Waals surface area (Å²) >= 11 is 0. The Balaban J connectivity index is 2.11. The zero-order valence-electron chi connectivity index (χ0n) is 12.7. The smallest absolute Gasteiger partial charge is 0.0584 e. The van der Waals surface area contributed by atoms with Gasteiger partial charge in [-0.25, -0.2) is 0 Å². The normalized spacial score (nSPS) is 28.6. The molecule has 1 aliphatic rings. The minimum Gasteiger partial charge on any atom is -0.395 e. The molecule has 0 saturated heterocycles. The molecule has 4 atom stereocenters. The molecule has 0 bridgehead atoms. The van der Waals surface area contributed by atoms with E-state index in [4.69, 9.17) is 5.73 Å². The molecule has 0 aromatic heterocycles. The monoisotopic (exact) mass is 276 g/mol. The molecule has 3 heteroatoms. The number of likely N-dealkylation sites (N-methyl/N-ethyl adjacent to an activating group) is 1. The summed E-state index contributed by atoms with van der Waals surface area (Å²) in [6, 6.07) is 11.5. The predicted molar refractivity (Wildman–Crippen MR) is 83.7 cm³/mol. The van der Waals surface area contributed by atoms with Crippen LogP contribution in [0, 0.1) is 5.92 Å². The second-order valence-electron chi connectivity index (χ2n) is 6.18. The van der Waals surface area contributed by atoms with E-state index in [1.807, 2.05) is 0 Å². The molecule has 0 spiro atoms. The molecule has 0 radical (unpaired) electrons. The molecule has 1 aromatic carbocycles. The Hall–Kier alpha value is -0.900. The third kappa shape index (κ3) is 3.40. The summed E-state index contributed by atoms with van der Waals surface area (Å²) in [5, 5.41) is 9.40. The number of aliphatic hydroxyl groups is 1. The Labute approximate surface area is 122 Å². The second-order valence-corrected chi connectivity index (χ2v) is 6.18. The van der Waals surface area contributed by atoms with Crippen LogP contribution in [0.5, 0.6) is 0 Å². The molecule has 20 heavy (non-hydrogen) atoms. The van der Waals surface area contributed by atoms with Crippen molar-refractivity contribution in [3.63, 3.8) is 0 Å². The Morgan fingerprint density at radius 3 is 2.60 bits per heavy atom. The highest BCUT2D eigenvalue weighted by Crippen LogP contribution is 2.38. The molecule has 3 N–H and O–H groups in total. The lowest BCUT2D eigenvalue weighted by Gasteiger charge is -2.43. The van der Waals surface area contributed by atoms with Crippen molar-refractivity contribution in [2.45, 2.75) is 44.2 Å². The Bertz CT molecular complexity index is 395. The largest absolute Gasteiger partial charge is 0.395 e. The second kappa shape index (κ2) is 7.21. The van der Waals surface area contributed by atoms with Crippen molar-refractivity contribution in [1.82, 2.24) is 4.90 Å². The van der Waals surface area contributed by atoms with E-state index in [1.54, 1.807) is 0 Å². The summed E-state index contributed by atoms with van der Waals surface area (Å²) < 4.78 is 0. The SMILES string of the molecule is CC(CO)N(C)C1CC(c2ccccc2)CCC1CN. The van der Waals surface area contributed by atoms with E-state index in [2.05, 4.69) is 49.2 Å². The zero-order chi connectivity index (χ0) is 14.5. The van der Waals surface area contributed by atoms with Crippen molar-refractivity contribution < 1.29 is 5.11 Å². The van der Waals surface area contributed by atoms with Crippen LogP contribution >= 0.6 is 0 Å². The van der Waals surface area contributed by atoms with Crippen molar-refractivity contribution >= 4 is 0 Å². The lowest BCUT2D eigenvalue weighted by Crippen LogP contribution is -2.49. The number of rotatable bonds is 5. The van der Waals surface area contributed by atoms with Crippen molar-refractivity contribution in [2.24, 2.45) is 11.7 Å². The van der Waals surface area contributed by atoms with Crippen molar-refractivity contribution in [2.75, 3.05) is 20.2 Å². The van der Waals surface area contributed by atoms with E-state index in [0.29, 0.717) is 17.9 Å². The summed E-state index contributed by atoms with van der Waals surface area (Å²) in [7, 11) is 2.13. The molecule has 4 unspecified atom stereocenters. The van der Waals surface area contributed by atoms with E-state index >= 15 is 0 Å². The van der Waals surface area contributed by atoms with E-state index in [0.717, 1.165) is 13.0 Å². The van der Waals surface area contributed by atoms with Crippen LogP contribution in [0.4, 0.5) is 0 Å². The third-order valence-corrected chi connectivity index (χ3v) is 5.01. The van der Waals surface area contributed by atoms with E-state index in [1.165, 1.54) is 18.4 Å². The fourth-order valence-corrected chi connectivity index (χ4v) is 3.47. The lowest BCUT2D eigenvalue weighted by molar-refractivity contribution is 0.0620. The molecular weight excluding hydrogens is 248 g/mol. The van der Waals surface area contributed by atoms with Crippen LogP contribution in [0.1, 0.15) is 37.7 Å². The standard InChI is InChI=1S/C17H28N2O/c1-13(12-20)19(2)17-10-15(8-9-16(17)11-18)14-6-4-3-5-7-14/h3-7,13,15-17,20H,8-12,18H2,1-2H3. The number of nitrogens with zero attached hydrogens (tertiary/aromatic N) is 1. The molecule has 0 aliphatic heterocycles.